The van der Waals surface area contributed by atoms with Crippen LogP contribution < -0.4 is 10.9 Å². The first-order chi connectivity index (χ1) is 7.29. The summed E-state index contributed by atoms with van der Waals surface area (Å²) in [5, 5.41) is 1.61. The Balaban J connectivity index is 2.89. The first kappa shape index (κ1) is 12.5. The van der Waals surface area contributed by atoms with E-state index in [2.05, 4.69) is 44.2 Å². The van der Waals surface area contributed by atoms with Crippen LogP contribution in [-0.4, -0.2) is 14.6 Å². The van der Waals surface area contributed by atoms with E-state index in [1.807, 2.05) is 0 Å². The second-order valence-electron chi connectivity index (χ2n) is 4.25. The molecule has 0 fully saturated rings. The molecule has 1 aromatic carbocycles. The molecular formula is C13H23NSi. The molecule has 0 aliphatic rings. The fourth-order valence-corrected chi connectivity index (χ4v) is 6.48. The first-order valence-corrected chi connectivity index (χ1v) is 8.67. The van der Waals surface area contributed by atoms with Crippen molar-refractivity contribution in [3.05, 3.63) is 30.3 Å². The number of hydrogen-bond donors (Lipinski definition) is 1. The molecule has 0 radical (unpaired) electrons. The van der Waals surface area contributed by atoms with Crippen molar-refractivity contribution in [3.8, 4) is 0 Å². The van der Waals surface area contributed by atoms with Crippen molar-refractivity contribution >= 4 is 13.3 Å². The maximum atomic E-state index is 5.65. The quantitative estimate of drug-likeness (QED) is 0.735. The van der Waals surface area contributed by atoms with Gasteiger partial charge in [0.2, 0.25) is 0 Å². The predicted molar refractivity (Wildman–Crippen MR) is 71.3 cm³/mol. The number of benzene rings is 1. The summed E-state index contributed by atoms with van der Waals surface area (Å²) in [6, 6.07) is 15.1. The van der Waals surface area contributed by atoms with Crippen LogP contribution in [0.1, 0.15) is 20.3 Å². The molecule has 15 heavy (non-hydrogen) atoms. The predicted octanol–water partition coefficient (Wildman–Crippen LogP) is 2.73. The van der Waals surface area contributed by atoms with Crippen molar-refractivity contribution in [2.24, 2.45) is 5.73 Å². The number of hydrogen-bond acceptors (Lipinski definition) is 1. The summed E-state index contributed by atoms with van der Waals surface area (Å²) < 4.78 is 0. The van der Waals surface area contributed by atoms with E-state index in [0.717, 1.165) is 6.54 Å². The van der Waals surface area contributed by atoms with Crippen LogP contribution in [0.2, 0.25) is 18.1 Å². The van der Waals surface area contributed by atoms with Crippen molar-refractivity contribution in [1.29, 1.82) is 0 Å². The molecule has 0 atom stereocenters. The molecule has 1 rings (SSSR count). The summed E-state index contributed by atoms with van der Waals surface area (Å²) in [6.45, 7) is 5.53. The Morgan fingerprint density at radius 2 is 1.67 bits per heavy atom. The van der Waals surface area contributed by atoms with Gasteiger partial charge in [0.05, 0.1) is 8.07 Å². The molecule has 0 amide bonds. The lowest BCUT2D eigenvalue weighted by Crippen LogP contribution is -2.46. The molecule has 0 aliphatic carbocycles. The highest BCUT2D eigenvalue weighted by atomic mass is 28.3. The zero-order valence-electron chi connectivity index (χ0n) is 10.00. The third-order valence-electron chi connectivity index (χ3n) is 3.60. The highest BCUT2D eigenvalue weighted by Crippen LogP contribution is 2.21. The molecule has 1 nitrogen and oxygen atoms in total. The molecule has 0 aliphatic heterocycles. The van der Waals surface area contributed by atoms with Gasteiger partial charge in [0.1, 0.15) is 0 Å². The average molecular weight is 221 g/mol. The third kappa shape index (κ3) is 2.92. The van der Waals surface area contributed by atoms with Gasteiger partial charge in [-0.3, -0.25) is 0 Å². The zero-order chi connectivity index (χ0) is 11.1. The third-order valence-corrected chi connectivity index (χ3v) is 9.18. The fraction of sp³-hybridized carbons (Fsp3) is 0.538. The maximum absolute atomic E-state index is 5.65. The summed E-state index contributed by atoms with van der Waals surface area (Å²) in [7, 11) is -1.22. The largest absolute Gasteiger partial charge is 0.330 e. The first-order valence-electron chi connectivity index (χ1n) is 6.04. The van der Waals surface area contributed by atoms with E-state index in [1.54, 1.807) is 5.19 Å². The number of rotatable bonds is 6. The van der Waals surface area contributed by atoms with Crippen LogP contribution in [0.3, 0.4) is 0 Å². The Labute approximate surface area is 94.7 Å². The molecule has 0 aromatic heterocycles. The molecule has 1 aromatic rings. The van der Waals surface area contributed by atoms with E-state index in [-0.39, 0.29) is 0 Å². The summed E-state index contributed by atoms with van der Waals surface area (Å²) in [5.41, 5.74) is 5.65. The Morgan fingerprint density at radius 3 is 2.13 bits per heavy atom. The van der Waals surface area contributed by atoms with E-state index in [4.69, 9.17) is 5.73 Å². The van der Waals surface area contributed by atoms with Crippen molar-refractivity contribution in [2.75, 3.05) is 6.54 Å². The van der Waals surface area contributed by atoms with Gasteiger partial charge in [0, 0.05) is 0 Å². The molecule has 0 heterocycles. The molecule has 0 bridgehead atoms. The topological polar surface area (TPSA) is 26.0 Å². The van der Waals surface area contributed by atoms with E-state index >= 15 is 0 Å². The van der Waals surface area contributed by atoms with Gasteiger partial charge in [-0.25, -0.2) is 0 Å². The molecule has 0 spiro atoms. The zero-order valence-corrected chi connectivity index (χ0v) is 11.0. The van der Waals surface area contributed by atoms with Crippen molar-refractivity contribution < 1.29 is 0 Å². The van der Waals surface area contributed by atoms with Gasteiger partial charge in [-0.2, -0.15) is 0 Å². The van der Waals surface area contributed by atoms with Crippen LogP contribution in [0.4, 0.5) is 0 Å². The summed E-state index contributed by atoms with van der Waals surface area (Å²) >= 11 is 0. The van der Waals surface area contributed by atoms with Gasteiger partial charge >= 0.3 is 0 Å². The Kier molecular flexibility index (Phi) is 5.06. The lowest BCUT2D eigenvalue weighted by molar-refractivity contribution is 0.904. The van der Waals surface area contributed by atoms with Gasteiger partial charge in [0.25, 0.3) is 0 Å². The molecule has 0 saturated heterocycles. The van der Waals surface area contributed by atoms with Gasteiger partial charge in [-0.05, 0) is 13.0 Å². The molecular weight excluding hydrogens is 198 g/mol. The van der Waals surface area contributed by atoms with E-state index in [1.165, 1.54) is 24.6 Å². The van der Waals surface area contributed by atoms with Crippen LogP contribution >= 0.6 is 0 Å². The van der Waals surface area contributed by atoms with Gasteiger partial charge in [0.15, 0.2) is 0 Å². The maximum Gasteiger partial charge on any atom is 0.0862 e. The normalized spacial score (nSPS) is 11.7. The SMILES string of the molecule is CC[Si](CC)(CCCN)c1ccccc1. The van der Waals surface area contributed by atoms with Crippen LogP contribution in [0, 0.1) is 0 Å². The minimum atomic E-state index is -1.22. The van der Waals surface area contributed by atoms with Crippen LogP contribution in [-0.2, 0) is 0 Å². The molecule has 2 heteroatoms. The van der Waals surface area contributed by atoms with Gasteiger partial charge in [-0.15, -0.1) is 0 Å². The molecule has 2 N–H and O–H groups in total. The standard InChI is InChI=1S/C13H23NSi/c1-3-15(4-2,12-8-11-14)13-9-6-5-7-10-13/h5-7,9-10H,3-4,8,11-12,14H2,1-2H3. The summed E-state index contributed by atoms with van der Waals surface area (Å²) in [4.78, 5) is 0. The van der Waals surface area contributed by atoms with Crippen LogP contribution in [0.25, 0.3) is 0 Å². The Morgan fingerprint density at radius 1 is 1.07 bits per heavy atom. The average Bonchev–Trinajstić information content (AvgIpc) is 2.33. The second kappa shape index (κ2) is 6.08. The highest BCUT2D eigenvalue weighted by molar-refractivity contribution is 6.91. The smallest absolute Gasteiger partial charge is 0.0862 e. The minimum Gasteiger partial charge on any atom is -0.330 e. The number of nitrogens with two attached hydrogens (primary N) is 1. The second-order valence-corrected chi connectivity index (χ2v) is 9.30. The molecule has 84 valence electrons. The van der Waals surface area contributed by atoms with Crippen LogP contribution in [0.15, 0.2) is 30.3 Å². The Hall–Kier alpha value is -0.603. The fourth-order valence-electron chi connectivity index (χ4n) is 2.39. The summed E-state index contributed by atoms with van der Waals surface area (Å²) in [5.74, 6) is 0. The lowest BCUT2D eigenvalue weighted by Gasteiger charge is -2.30. The van der Waals surface area contributed by atoms with Crippen LogP contribution in [0.5, 0.6) is 0 Å². The van der Waals surface area contributed by atoms with Gasteiger partial charge in [-0.1, -0.05) is 67.5 Å². The van der Waals surface area contributed by atoms with E-state index in [9.17, 15) is 0 Å². The lowest BCUT2D eigenvalue weighted by atomic mass is 10.4. The van der Waals surface area contributed by atoms with Crippen molar-refractivity contribution in [3.63, 3.8) is 0 Å². The molecule has 0 saturated carbocycles. The van der Waals surface area contributed by atoms with E-state index < -0.39 is 8.07 Å². The minimum absolute atomic E-state index is 0.835. The Bertz CT molecular complexity index is 267. The van der Waals surface area contributed by atoms with Crippen molar-refractivity contribution in [2.45, 2.75) is 38.4 Å². The highest BCUT2D eigenvalue weighted by Gasteiger charge is 2.29. The molecule has 0 unspecified atom stereocenters. The monoisotopic (exact) mass is 221 g/mol. The van der Waals surface area contributed by atoms with Gasteiger partial charge < -0.3 is 5.73 Å². The van der Waals surface area contributed by atoms with E-state index in [0.29, 0.717) is 0 Å². The summed E-state index contributed by atoms with van der Waals surface area (Å²) in [6.07, 6.45) is 1.18. The van der Waals surface area contributed by atoms with Crippen molar-refractivity contribution in [1.82, 2.24) is 0 Å².